The van der Waals surface area contributed by atoms with Crippen LogP contribution in [0, 0.1) is 5.92 Å². The highest BCUT2D eigenvalue weighted by atomic mass is 16.1. The molecule has 0 N–H and O–H groups in total. The first-order valence-corrected chi connectivity index (χ1v) is 8.22. The van der Waals surface area contributed by atoms with E-state index in [9.17, 15) is 4.79 Å². The van der Waals surface area contributed by atoms with Crippen molar-refractivity contribution in [1.29, 1.82) is 0 Å². The van der Waals surface area contributed by atoms with Crippen LogP contribution in [0.15, 0.2) is 0 Å². The average Bonchev–Trinajstić information content (AvgIpc) is 2.35. The summed E-state index contributed by atoms with van der Waals surface area (Å²) >= 11 is 0. The van der Waals surface area contributed by atoms with E-state index in [1.54, 1.807) is 6.92 Å². The largest absolute Gasteiger partial charge is 0.300 e. The molecule has 18 heavy (non-hydrogen) atoms. The average molecular weight is 254 g/mol. The van der Waals surface area contributed by atoms with Gasteiger partial charge < -0.3 is 0 Å². The Hall–Kier alpha value is -0.330. The Balaban J connectivity index is 3.40. The van der Waals surface area contributed by atoms with Crippen LogP contribution in [0.2, 0.25) is 0 Å². The molecule has 0 aromatic carbocycles. The van der Waals surface area contributed by atoms with Crippen LogP contribution in [-0.4, -0.2) is 5.78 Å². The lowest BCUT2D eigenvalue weighted by molar-refractivity contribution is -0.121. The van der Waals surface area contributed by atoms with Gasteiger partial charge in [0.05, 0.1) is 0 Å². The smallest absolute Gasteiger partial charge is 0.132 e. The number of ketones is 1. The van der Waals surface area contributed by atoms with Crippen LogP contribution in [0.5, 0.6) is 0 Å². The van der Waals surface area contributed by atoms with E-state index in [4.69, 9.17) is 0 Å². The number of hydrogen-bond donors (Lipinski definition) is 0. The minimum atomic E-state index is 0.352. The van der Waals surface area contributed by atoms with Crippen molar-refractivity contribution in [3.8, 4) is 0 Å². The molecule has 0 bridgehead atoms. The lowest BCUT2D eigenvalue weighted by Crippen LogP contribution is -2.10. The second-order valence-corrected chi connectivity index (χ2v) is 5.71. The second-order valence-electron chi connectivity index (χ2n) is 5.71. The molecular formula is C17H34O. The third kappa shape index (κ3) is 10.8. The Kier molecular flexibility index (Phi) is 12.9. The van der Waals surface area contributed by atoms with Gasteiger partial charge in [0.2, 0.25) is 0 Å². The molecular weight excluding hydrogens is 220 g/mol. The van der Waals surface area contributed by atoms with Crippen LogP contribution in [0.4, 0.5) is 0 Å². The molecule has 0 radical (unpaired) electrons. The quantitative estimate of drug-likeness (QED) is 0.373. The monoisotopic (exact) mass is 254 g/mol. The number of carbonyl (C=O) groups is 1. The van der Waals surface area contributed by atoms with E-state index in [-0.39, 0.29) is 0 Å². The van der Waals surface area contributed by atoms with Crippen LogP contribution >= 0.6 is 0 Å². The molecule has 0 amide bonds. The van der Waals surface area contributed by atoms with Crippen LogP contribution < -0.4 is 0 Å². The SMILES string of the molecule is CCCCCCCCCCC(CCCC)C(C)=O. The van der Waals surface area contributed by atoms with E-state index in [0.29, 0.717) is 11.7 Å². The van der Waals surface area contributed by atoms with E-state index in [0.717, 1.165) is 12.8 Å². The summed E-state index contributed by atoms with van der Waals surface area (Å²) in [5.74, 6) is 0.761. The van der Waals surface area contributed by atoms with Crippen LogP contribution in [-0.2, 0) is 4.79 Å². The Morgan fingerprint density at radius 2 is 1.17 bits per heavy atom. The van der Waals surface area contributed by atoms with Gasteiger partial charge in [-0.3, -0.25) is 4.79 Å². The standard InChI is InChI=1S/C17H34O/c1-4-6-8-9-10-11-12-13-15-17(16(3)18)14-7-5-2/h17H,4-15H2,1-3H3. The summed E-state index contributed by atoms with van der Waals surface area (Å²) in [7, 11) is 0. The van der Waals surface area contributed by atoms with Gasteiger partial charge >= 0.3 is 0 Å². The zero-order chi connectivity index (χ0) is 13.6. The lowest BCUT2D eigenvalue weighted by Gasteiger charge is -2.12. The van der Waals surface area contributed by atoms with E-state index in [1.807, 2.05) is 0 Å². The fourth-order valence-corrected chi connectivity index (χ4v) is 2.53. The van der Waals surface area contributed by atoms with E-state index in [2.05, 4.69) is 13.8 Å². The molecule has 0 aromatic heterocycles. The maximum atomic E-state index is 11.5. The maximum absolute atomic E-state index is 11.5. The van der Waals surface area contributed by atoms with Gasteiger partial charge in [0.1, 0.15) is 5.78 Å². The third-order valence-electron chi connectivity index (χ3n) is 3.89. The van der Waals surface area contributed by atoms with E-state index >= 15 is 0 Å². The predicted octanol–water partition coefficient (Wildman–Crippen LogP) is 5.91. The van der Waals surface area contributed by atoms with Gasteiger partial charge in [-0.1, -0.05) is 78.1 Å². The molecule has 0 saturated carbocycles. The van der Waals surface area contributed by atoms with Gasteiger partial charge in [-0.25, -0.2) is 0 Å². The van der Waals surface area contributed by atoms with Gasteiger partial charge in [0, 0.05) is 5.92 Å². The fraction of sp³-hybridized carbons (Fsp3) is 0.941. The van der Waals surface area contributed by atoms with E-state index in [1.165, 1.54) is 64.2 Å². The molecule has 0 saturated heterocycles. The molecule has 0 rings (SSSR count). The molecule has 0 aromatic rings. The van der Waals surface area contributed by atoms with Crippen molar-refractivity contribution in [2.45, 2.75) is 97.8 Å². The zero-order valence-corrected chi connectivity index (χ0v) is 13.0. The van der Waals surface area contributed by atoms with Crippen molar-refractivity contribution >= 4 is 5.78 Å². The Morgan fingerprint density at radius 3 is 1.67 bits per heavy atom. The van der Waals surface area contributed by atoms with Gasteiger partial charge in [-0.05, 0) is 19.8 Å². The molecule has 1 unspecified atom stereocenters. The first-order chi connectivity index (χ1) is 8.72. The van der Waals surface area contributed by atoms with E-state index < -0.39 is 0 Å². The third-order valence-corrected chi connectivity index (χ3v) is 3.89. The highest BCUT2D eigenvalue weighted by Gasteiger charge is 2.12. The normalized spacial score (nSPS) is 12.6. The number of carbonyl (C=O) groups excluding carboxylic acids is 1. The highest BCUT2D eigenvalue weighted by Crippen LogP contribution is 2.18. The number of rotatable bonds is 13. The van der Waals surface area contributed by atoms with Crippen LogP contribution in [0.1, 0.15) is 97.8 Å². The summed E-state index contributed by atoms with van der Waals surface area (Å²) < 4.78 is 0. The van der Waals surface area contributed by atoms with Gasteiger partial charge in [-0.2, -0.15) is 0 Å². The summed E-state index contributed by atoms with van der Waals surface area (Å²) in [4.78, 5) is 11.5. The Bertz CT molecular complexity index is 186. The summed E-state index contributed by atoms with van der Waals surface area (Å²) in [6, 6.07) is 0. The highest BCUT2D eigenvalue weighted by molar-refractivity contribution is 5.78. The summed E-state index contributed by atoms with van der Waals surface area (Å²) in [5, 5.41) is 0. The fourth-order valence-electron chi connectivity index (χ4n) is 2.53. The molecule has 0 aliphatic rings. The maximum Gasteiger partial charge on any atom is 0.132 e. The Morgan fingerprint density at radius 1 is 0.722 bits per heavy atom. The number of unbranched alkanes of at least 4 members (excludes halogenated alkanes) is 8. The first kappa shape index (κ1) is 17.7. The van der Waals surface area contributed by atoms with Crippen molar-refractivity contribution in [1.82, 2.24) is 0 Å². The van der Waals surface area contributed by atoms with Gasteiger partial charge in [-0.15, -0.1) is 0 Å². The molecule has 0 spiro atoms. The summed E-state index contributed by atoms with van der Waals surface area (Å²) in [6.07, 6.45) is 15.5. The molecule has 1 heteroatoms. The number of Topliss-reactive ketones (excluding diaryl/α,β-unsaturated/α-hetero) is 1. The van der Waals surface area contributed by atoms with Crippen molar-refractivity contribution in [3.05, 3.63) is 0 Å². The minimum Gasteiger partial charge on any atom is -0.300 e. The topological polar surface area (TPSA) is 17.1 Å². The summed E-state index contributed by atoms with van der Waals surface area (Å²) in [6.45, 7) is 6.23. The molecule has 1 atom stereocenters. The van der Waals surface area contributed by atoms with Crippen LogP contribution in [0.3, 0.4) is 0 Å². The molecule has 1 nitrogen and oxygen atoms in total. The first-order valence-electron chi connectivity index (χ1n) is 8.22. The Labute approximate surface area is 115 Å². The predicted molar refractivity (Wildman–Crippen MR) is 80.9 cm³/mol. The van der Waals surface area contributed by atoms with Crippen molar-refractivity contribution in [2.75, 3.05) is 0 Å². The second kappa shape index (κ2) is 13.1. The molecule has 0 aliphatic carbocycles. The van der Waals surface area contributed by atoms with Crippen molar-refractivity contribution in [3.63, 3.8) is 0 Å². The lowest BCUT2D eigenvalue weighted by atomic mass is 9.92. The zero-order valence-electron chi connectivity index (χ0n) is 13.0. The van der Waals surface area contributed by atoms with Crippen LogP contribution in [0.25, 0.3) is 0 Å². The molecule has 0 heterocycles. The molecule has 108 valence electrons. The van der Waals surface area contributed by atoms with Crippen molar-refractivity contribution < 1.29 is 4.79 Å². The molecule has 0 fully saturated rings. The minimum absolute atomic E-state index is 0.352. The molecule has 0 aliphatic heterocycles. The summed E-state index contributed by atoms with van der Waals surface area (Å²) in [5.41, 5.74) is 0. The number of hydrogen-bond acceptors (Lipinski definition) is 1. The van der Waals surface area contributed by atoms with Crippen molar-refractivity contribution in [2.24, 2.45) is 5.92 Å². The van der Waals surface area contributed by atoms with Gasteiger partial charge in [0.25, 0.3) is 0 Å². The van der Waals surface area contributed by atoms with Gasteiger partial charge in [0.15, 0.2) is 0 Å².